The van der Waals surface area contributed by atoms with Crippen LogP contribution in [0.1, 0.15) is 23.4 Å². The van der Waals surface area contributed by atoms with E-state index in [-0.39, 0.29) is 12.3 Å². The molecule has 0 saturated heterocycles. The second-order valence-corrected chi connectivity index (χ2v) is 8.18. The highest BCUT2D eigenvalue weighted by molar-refractivity contribution is 8.01. The van der Waals surface area contributed by atoms with Crippen LogP contribution in [0.3, 0.4) is 0 Å². The second-order valence-electron chi connectivity index (χ2n) is 5.94. The van der Waals surface area contributed by atoms with Gasteiger partial charge in [0.15, 0.2) is 16.0 Å². The average Bonchev–Trinajstić information content (AvgIpc) is 3.30. The number of nitrogens with zero attached hydrogens (tertiary/aromatic N) is 3. The van der Waals surface area contributed by atoms with Crippen molar-refractivity contribution in [3.05, 3.63) is 54.1 Å². The van der Waals surface area contributed by atoms with Crippen LogP contribution in [0.5, 0.6) is 0 Å². The monoisotopic (exact) mass is 400 g/mol. The third-order valence-corrected chi connectivity index (χ3v) is 5.86. The highest BCUT2D eigenvalue weighted by atomic mass is 32.2. The number of aromatic nitrogens is 3. The van der Waals surface area contributed by atoms with E-state index in [1.165, 1.54) is 34.2 Å². The lowest BCUT2D eigenvalue weighted by atomic mass is 10.1. The molecule has 3 aromatic rings. The zero-order valence-corrected chi connectivity index (χ0v) is 16.8. The molecule has 0 aliphatic rings. The summed E-state index contributed by atoms with van der Waals surface area (Å²) in [4.78, 5) is 16.4. The van der Waals surface area contributed by atoms with E-state index >= 15 is 0 Å². The zero-order valence-electron chi connectivity index (χ0n) is 15.2. The van der Waals surface area contributed by atoms with E-state index in [1.807, 2.05) is 6.07 Å². The predicted octanol–water partition coefficient (Wildman–Crippen LogP) is 4.66. The van der Waals surface area contributed by atoms with Gasteiger partial charge in [-0.15, -0.1) is 16.8 Å². The molecule has 0 atom stereocenters. The van der Waals surface area contributed by atoms with Crippen molar-refractivity contribution in [2.45, 2.75) is 31.0 Å². The Kier molecular flexibility index (Phi) is 6.41. The Balaban J connectivity index is 1.53. The van der Waals surface area contributed by atoms with E-state index in [0.29, 0.717) is 23.2 Å². The summed E-state index contributed by atoms with van der Waals surface area (Å²) in [5.41, 5.74) is 3.42. The first-order chi connectivity index (χ1) is 13.0. The van der Waals surface area contributed by atoms with Gasteiger partial charge in [-0.1, -0.05) is 41.3 Å². The predicted molar refractivity (Wildman–Crippen MR) is 109 cm³/mol. The van der Waals surface area contributed by atoms with Gasteiger partial charge < -0.3 is 9.73 Å². The van der Waals surface area contributed by atoms with Crippen LogP contribution >= 0.6 is 23.1 Å². The summed E-state index contributed by atoms with van der Waals surface area (Å²) in [6.45, 7) is 7.80. The molecule has 0 aliphatic carbocycles. The van der Waals surface area contributed by atoms with Crippen LogP contribution in [0, 0.1) is 13.8 Å². The van der Waals surface area contributed by atoms with Gasteiger partial charge in [-0.2, -0.15) is 0 Å². The highest BCUT2D eigenvalue weighted by Crippen LogP contribution is 2.26. The number of amides is 1. The standard InChI is InChI=1S/C19H20N4O2S2/c1-4-9-26-19-23-22-18(27-19)21-16(24)7-8-17-20-11-15(25-17)14-6-5-12(2)13(3)10-14/h4-6,10-11H,1,7-9H2,2-3H3,(H,21,22,24). The van der Waals surface area contributed by atoms with Crippen LogP contribution in [-0.2, 0) is 11.2 Å². The van der Waals surface area contributed by atoms with Crippen molar-refractivity contribution < 1.29 is 9.21 Å². The van der Waals surface area contributed by atoms with Crippen LogP contribution in [-0.4, -0.2) is 26.8 Å². The fraction of sp³-hybridized carbons (Fsp3) is 0.263. The number of oxazole rings is 1. The number of hydrogen-bond donors (Lipinski definition) is 1. The molecule has 0 aliphatic heterocycles. The van der Waals surface area contributed by atoms with Gasteiger partial charge in [-0.05, 0) is 31.0 Å². The maximum atomic E-state index is 12.1. The first-order valence-corrected chi connectivity index (χ1v) is 10.2. The molecule has 0 fully saturated rings. The van der Waals surface area contributed by atoms with Gasteiger partial charge in [0.25, 0.3) is 0 Å². The van der Waals surface area contributed by atoms with Crippen LogP contribution < -0.4 is 5.32 Å². The molecule has 8 heteroatoms. The minimum absolute atomic E-state index is 0.141. The van der Waals surface area contributed by atoms with Crippen LogP contribution in [0.15, 0.2) is 45.8 Å². The number of rotatable bonds is 8. The van der Waals surface area contributed by atoms with Crippen molar-refractivity contribution in [1.82, 2.24) is 15.2 Å². The molecule has 0 unspecified atom stereocenters. The lowest BCUT2D eigenvalue weighted by molar-refractivity contribution is -0.116. The molecule has 27 heavy (non-hydrogen) atoms. The molecule has 1 N–H and O–H groups in total. The van der Waals surface area contributed by atoms with E-state index < -0.39 is 0 Å². The molecule has 0 radical (unpaired) electrons. The molecule has 2 aromatic heterocycles. The molecule has 3 rings (SSSR count). The molecule has 140 valence electrons. The Morgan fingerprint density at radius 1 is 1.33 bits per heavy atom. The Morgan fingerprint density at radius 2 is 2.19 bits per heavy atom. The SMILES string of the molecule is C=CCSc1nnc(NC(=O)CCc2ncc(-c3ccc(C)c(C)c3)o2)s1. The van der Waals surface area contributed by atoms with Crippen molar-refractivity contribution in [2.75, 3.05) is 11.1 Å². The lowest BCUT2D eigenvalue weighted by Crippen LogP contribution is -2.12. The number of thioether (sulfide) groups is 1. The molecule has 0 bridgehead atoms. The average molecular weight is 401 g/mol. The van der Waals surface area contributed by atoms with Crippen LogP contribution in [0.2, 0.25) is 0 Å². The normalized spacial score (nSPS) is 10.7. The Bertz CT molecular complexity index is 949. The number of aryl methyl sites for hydroxylation is 3. The van der Waals surface area contributed by atoms with Crippen molar-refractivity contribution >= 4 is 34.1 Å². The van der Waals surface area contributed by atoms with Gasteiger partial charge in [0.05, 0.1) is 6.20 Å². The zero-order chi connectivity index (χ0) is 19.2. The van der Waals surface area contributed by atoms with E-state index in [1.54, 1.807) is 12.3 Å². The fourth-order valence-corrected chi connectivity index (χ4v) is 3.83. The summed E-state index contributed by atoms with van der Waals surface area (Å²) >= 11 is 2.88. The van der Waals surface area contributed by atoms with Gasteiger partial charge in [-0.25, -0.2) is 4.98 Å². The second kappa shape index (κ2) is 8.96. The summed E-state index contributed by atoms with van der Waals surface area (Å²) in [5, 5.41) is 11.2. The third kappa shape index (κ3) is 5.27. The largest absolute Gasteiger partial charge is 0.441 e. The smallest absolute Gasteiger partial charge is 0.226 e. The first-order valence-electron chi connectivity index (χ1n) is 8.44. The Morgan fingerprint density at radius 3 is 2.96 bits per heavy atom. The van der Waals surface area contributed by atoms with E-state index in [0.717, 1.165) is 15.7 Å². The summed E-state index contributed by atoms with van der Waals surface area (Å²) in [7, 11) is 0. The van der Waals surface area contributed by atoms with Gasteiger partial charge in [0.2, 0.25) is 11.0 Å². The maximum Gasteiger partial charge on any atom is 0.226 e. The summed E-state index contributed by atoms with van der Waals surface area (Å²) < 4.78 is 6.59. The van der Waals surface area contributed by atoms with Gasteiger partial charge in [-0.3, -0.25) is 4.79 Å². The molecule has 1 amide bonds. The van der Waals surface area contributed by atoms with Crippen LogP contribution in [0.4, 0.5) is 5.13 Å². The van der Waals surface area contributed by atoms with E-state index in [2.05, 4.69) is 53.1 Å². The minimum Gasteiger partial charge on any atom is -0.441 e. The quantitative estimate of drug-likeness (QED) is 0.336. The summed E-state index contributed by atoms with van der Waals surface area (Å²) in [6, 6.07) is 6.14. The summed E-state index contributed by atoms with van der Waals surface area (Å²) in [6.07, 6.45) is 4.19. The molecule has 1 aromatic carbocycles. The van der Waals surface area contributed by atoms with Gasteiger partial charge in [0, 0.05) is 24.2 Å². The van der Waals surface area contributed by atoms with Crippen LogP contribution in [0.25, 0.3) is 11.3 Å². The van der Waals surface area contributed by atoms with Crippen molar-refractivity contribution in [3.63, 3.8) is 0 Å². The fourth-order valence-electron chi connectivity index (χ4n) is 2.31. The molecule has 2 heterocycles. The van der Waals surface area contributed by atoms with Crippen molar-refractivity contribution in [2.24, 2.45) is 0 Å². The van der Waals surface area contributed by atoms with Gasteiger partial charge in [0.1, 0.15) is 0 Å². The van der Waals surface area contributed by atoms with E-state index in [4.69, 9.17) is 4.42 Å². The first kappa shape index (κ1) is 19.3. The number of anilines is 1. The lowest BCUT2D eigenvalue weighted by Gasteiger charge is -2.02. The highest BCUT2D eigenvalue weighted by Gasteiger charge is 2.12. The molecule has 0 saturated carbocycles. The topological polar surface area (TPSA) is 80.9 Å². The molecule has 6 nitrogen and oxygen atoms in total. The maximum absolute atomic E-state index is 12.1. The van der Waals surface area contributed by atoms with Crippen molar-refractivity contribution in [3.8, 4) is 11.3 Å². The summed E-state index contributed by atoms with van der Waals surface area (Å²) in [5.74, 6) is 1.87. The van der Waals surface area contributed by atoms with Crippen molar-refractivity contribution in [1.29, 1.82) is 0 Å². The number of benzene rings is 1. The number of carbonyl (C=O) groups excluding carboxylic acids is 1. The minimum atomic E-state index is -0.141. The number of carbonyl (C=O) groups is 1. The molecule has 0 spiro atoms. The number of nitrogens with one attached hydrogen (secondary N) is 1. The molecular formula is C19H20N4O2S2. The number of hydrogen-bond acceptors (Lipinski definition) is 7. The third-order valence-electron chi connectivity index (χ3n) is 3.89. The Labute approximate surface area is 166 Å². The molecular weight excluding hydrogens is 380 g/mol. The van der Waals surface area contributed by atoms with E-state index in [9.17, 15) is 4.79 Å². The Hall–Kier alpha value is -2.45. The van der Waals surface area contributed by atoms with Gasteiger partial charge >= 0.3 is 0 Å².